The van der Waals surface area contributed by atoms with Gasteiger partial charge in [0, 0.05) is 13.1 Å². The summed E-state index contributed by atoms with van der Waals surface area (Å²) in [7, 11) is 0. The van der Waals surface area contributed by atoms with E-state index in [1.54, 1.807) is 12.1 Å². The van der Waals surface area contributed by atoms with E-state index in [1.165, 1.54) is 6.07 Å². The van der Waals surface area contributed by atoms with E-state index in [9.17, 15) is 4.39 Å². The van der Waals surface area contributed by atoms with Crippen molar-refractivity contribution in [3.8, 4) is 0 Å². The lowest BCUT2D eigenvalue weighted by atomic mass is 10.2. The van der Waals surface area contributed by atoms with E-state index in [-0.39, 0.29) is 11.9 Å². The zero-order valence-electron chi connectivity index (χ0n) is 9.59. The van der Waals surface area contributed by atoms with E-state index < -0.39 is 0 Å². The van der Waals surface area contributed by atoms with Gasteiger partial charge >= 0.3 is 0 Å². The van der Waals surface area contributed by atoms with Gasteiger partial charge in [0.15, 0.2) is 0 Å². The Bertz CT molecular complexity index is 331. The molecule has 0 saturated carbocycles. The minimum Gasteiger partial charge on any atom is -0.377 e. The van der Waals surface area contributed by atoms with Crippen LogP contribution in [0.4, 0.5) is 4.39 Å². The van der Waals surface area contributed by atoms with Crippen LogP contribution >= 0.6 is 15.9 Å². The molecule has 0 aliphatic rings. The topological polar surface area (TPSA) is 21.3 Å². The van der Waals surface area contributed by atoms with Crippen molar-refractivity contribution < 1.29 is 9.13 Å². The zero-order chi connectivity index (χ0) is 12.0. The molecule has 0 amide bonds. The molecule has 0 fully saturated rings. The minimum absolute atomic E-state index is 0.230. The Morgan fingerprint density at radius 1 is 1.44 bits per heavy atom. The molecule has 1 N–H and O–H groups in total. The van der Waals surface area contributed by atoms with Crippen molar-refractivity contribution in [2.24, 2.45) is 0 Å². The molecule has 0 bridgehead atoms. The number of benzene rings is 1. The average Bonchev–Trinajstić information content (AvgIpc) is 2.22. The first-order chi connectivity index (χ1) is 7.59. The van der Waals surface area contributed by atoms with Crippen molar-refractivity contribution >= 4 is 15.9 Å². The molecule has 1 aromatic carbocycles. The fraction of sp³-hybridized carbons (Fsp3) is 0.500. The Morgan fingerprint density at radius 3 is 2.81 bits per heavy atom. The van der Waals surface area contributed by atoms with Crippen LogP contribution in [0.2, 0.25) is 0 Å². The molecule has 0 aliphatic heterocycles. The lowest BCUT2D eigenvalue weighted by Gasteiger charge is -2.08. The smallest absolute Gasteiger partial charge is 0.137 e. The van der Waals surface area contributed by atoms with Crippen molar-refractivity contribution in [2.45, 2.75) is 26.5 Å². The van der Waals surface area contributed by atoms with E-state index in [0.29, 0.717) is 11.1 Å². The third-order valence-electron chi connectivity index (χ3n) is 2.04. The molecule has 0 saturated heterocycles. The highest BCUT2D eigenvalue weighted by atomic mass is 79.9. The van der Waals surface area contributed by atoms with Crippen LogP contribution in [0.15, 0.2) is 22.7 Å². The number of ether oxygens (including phenoxy) is 1. The molecule has 0 heterocycles. The number of nitrogens with one attached hydrogen (secondary N) is 1. The van der Waals surface area contributed by atoms with E-state index in [4.69, 9.17) is 4.74 Å². The monoisotopic (exact) mass is 289 g/mol. The van der Waals surface area contributed by atoms with Crippen LogP contribution in [0.1, 0.15) is 19.4 Å². The lowest BCUT2D eigenvalue weighted by molar-refractivity contribution is 0.0807. The molecule has 0 spiro atoms. The summed E-state index contributed by atoms with van der Waals surface area (Å²) in [5.74, 6) is -0.230. The second kappa shape index (κ2) is 6.99. The maximum atomic E-state index is 12.9. The summed E-state index contributed by atoms with van der Waals surface area (Å²) in [6.45, 7) is 6.24. The molecule has 16 heavy (non-hydrogen) atoms. The highest BCUT2D eigenvalue weighted by Crippen LogP contribution is 2.16. The molecule has 2 nitrogen and oxygen atoms in total. The fourth-order valence-electron chi connectivity index (χ4n) is 1.25. The van der Waals surface area contributed by atoms with Gasteiger partial charge in [-0.1, -0.05) is 6.07 Å². The van der Waals surface area contributed by atoms with E-state index >= 15 is 0 Å². The van der Waals surface area contributed by atoms with Crippen LogP contribution in [0.5, 0.6) is 0 Å². The first-order valence-electron chi connectivity index (χ1n) is 5.36. The number of rotatable bonds is 6. The van der Waals surface area contributed by atoms with Crippen LogP contribution in [-0.4, -0.2) is 19.3 Å². The molecule has 4 heteroatoms. The molecule has 1 aromatic rings. The Labute approximate surface area is 104 Å². The minimum atomic E-state index is -0.230. The summed E-state index contributed by atoms with van der Waals surface area (Å²) in [6, 6.07) is 5.02. The van der Waals surface area contributed by atoms with Gasteiger partial charge in [-0.3, -0.25) is 0 Å². The predicted octanol–water partition coefficient (Wildman–Crippen LogP) is 3.10. The number of hydrogen-bond acceptors (Lipinski definition) is 2. The summed E-state index contributed by atoms with van der Waals surface area (Å²) in [4.78, 5) is 0. The van der Waals surface area contributed by atoms with Gasteiger partial charge in [-0.15, -0.1) is 0 Å². The molecule has 1 rings (SSSR count). The zero-order valence-corrected chi connectivity index (χ0v) is 11.2. The number of hydrogen-bond donors (Lipinski definition) is 1. The van der Waals surface area contributed by atoms with E-state index in [2.05, 4.69) is 21.2 Å². The number of halogens is 2. The summed E-state index contributed by atoms with van der Waals surface area (Å²) < 4.78 is 18.8. The third-order valence-corrected chi connectivity index (χ3v) is 2.65. The largest absolute Gasteiger partial charge is 0.377 e. The second-order valence-electron chi connectivity index (χ2n) is 3.84. The standard InChI is InChI=1S/C12H17BrFNO/c1-9(2)16-6-5-15-8-10-3-4-12(14)11(13)7-10/h3-4,7,9,15H,5-6,8H2,1-2H3. The first-order valence-corrected chi connectivity index (χ1v) is 6.15. The van der Waals surface area contributed by atoms with Crippen molar-refractivity contribution in [2.75, 3.05) is 13.2 Å². The molecule has 0 aliphatic carbocycles. The van der Waals surface area contributed by atoms with Gasteiger partial charge in [0.1, 0.15) is 5.82 Å². The SMILES string of the molecule is CC(C)OCCNCc1ccc(F)c(Br)c1. The van der Waals surface area contributed by atoms with Gasteiger partial charge < -0.3 is 10.1 Å². The highest BCUT2D eigenvalue weighted by molar-refractivity contribution is 9.10. The quantitative estimate of drug-likeness (QED) is 0.813. The van der Waals surface area contributed by atoms with E-state index in [0.717, 1.165) is 18.7 Å². The third kappa shape index (κ3) is 5.05. The average molecular weight is 290 g/mol. The van der Waals surface area contributed by atoms with Gasteiger partial charge in [0.25, 0.3) is 0 Å². The van der Waals surface area contributed by atoms with Crippen molar-refractivity contribution in [3.63, 3.8) is 0 Å². The van der Waals surface area contributed by atoms with Crippen LogP contribution < -0.4 is 5.32 Å². The van der Waals surface area contributed by atoms with Crippen molar-refractivity contribution in [3.05, 3.63) is 34.1 Å². The molecule has 90 valence electrons. The lowest BCUT2D eigenvalue weighted by Crippen LogP contribution is -2.20. The maximum Gasteiger partial charge on any atom is 0.137 e. The summed E-state index contributed by atoms with van der Waals surface area (Å²) in [6.07, 6.45) is 0.266. The van der Waals surface area contributed by atoms with E-state index in [1.807, 2.05) is 13.8 Å². The Kier molecular flexibility index (Phi) is 5.95. The Morgan fingerprint density at radius 2 is 2.19 bits per heavy atom. The molecular formula is C12H17BrFNO. The van der Waals surface area contributed by atoms with Gasteiger partial charge in [0.05, 0.1) is 17.2 Å². The Hall–Kier alpha value is -0.450. The summed E-state index contributed by atoms with van der Waals surface area (Å²) in [5.41, 5.74) is 1.05. The van der Waals surface area contributed by atoms with Crippen molar-refractivity contribution in [1.82, 2.24) is 5.32 Å². The van der Waals surface area contributed by atoms with Gasteiger partial charge in [-0.25, -0.2) is 4.39 Å². The van der Waals surface area contributed by atoms with Gasteiger partial charge in [-0.2, -0.15) is 0 Å². The summed E-state index contributed by atoms with van der Waals surface area (Å²) >= 11 is 3.16. The molecule has 0 atom stereocenters. The van der Waals surface area contributed by atoms with Gasteiger partial charge in [-0.05, 0) is 47.5 Å². The second-order valence-corrected chi connectivity index (χ2v) is 4.70. The van der Waals surface area contributed by atoms with Crippen LogP contribution in [0.25, 0.3) is 0 Å². The Balaban J connectivity index is 2.24. The van der Waals surface area contributed by atoms with Gasteiger partial charge in [0.2, 0.25) is 0 Å². The highest BCUT2D eigenvalue weighted by Gasteiger charge is 2.00. The molecule has 0 radical (unpaired) electrons. The fourth-order valence-corrected chi connectivity index (χ4v) is 1.68. The normalized spacial score (nSPS) is 11.1. The first kappa shape index (κ1) is 13.6. The van der Waals surface area contributed by atoms with Crippen LogP contribution in [-0.2, 0) is 11.3 Å². The molecular weight excluding hydrogens is 273 g/mol. The maximum absolute atomic E-state index is 12.9. The molecule has 0 aromatic heterocycles. The van der Waals surface area contributed by atoms with Crippen molar-refractivity contribution in [1.29, 1.82) is 0 Å². The molecule has 0 unspecified atom stereocenters. The predicted molar refractivity (Wildman–Crippen MR) is 66.9 cm³/mol. The van der Waals surface area contributed by atoms with Crippen LogP contribution in [0.3, 0.4) is 0 Å². The summed E-state index contributed by atoms with van der Waals surface area (Å²) in [5, 5.41) is 3.24. The van der Waals surface area contributed by atoms with Crippen LogP contribution in [0, 0.1) is 5.82 Å².